The molecule has 1 saturated carbocycles. The number of hydrogen-bond acceptors (Lipinski definition) is 4. The van der Waals surface area contributed by atoms with Crippen LogP contribution in [0.15, 0.2) is 30.3 Å². The van der Waals surface area contributed by atoms with Crippen LogP contribution in [0.1, 0.15) is 62.8 Å². The third-order valence-corrected chi connectivity index (χ3v) is 8.74. The fraction of sp³-hybridized carbons (Fsp3) is 0.741. The molecule has 0 atom stereocenters. The summed E-state index contributed by atoms with van der Waals surface area (Å²) in [5.41, 5.74) is 1.52. The smallest absolute Gasteiger partial charge is 0.236 e. The molecule has 32 heavy (non-hydrogen) atoms. The minimum atomic E-state index is 0.359. The minimum Gasteiger partial charge on any atom is -0.339 e. The van der Waals surface area contributed by atoms with Gasteiger partial charge in [0, 0.05) is 51.4 Å². The van der Waals surface area contributed by atoms with Crippen molar-refractivity contribution in [3.63, 3.8) is 0 Å². The van der Waals surface area contributed by atoms with Gasteiger partial charge in [0.25, 0.3) is 0 Å². The van der Waals surface area contributed by atoms with Crippen LogP contribution in [0.3, 0.4) is 0 Å². The first-order valence-electron chi connectivity index (χ1n) is 13.3. The Balaban J connectivity index is 1.01. The van der Waals surface area contributed by atoms with Crippen molar-refractivity contribution in [2.24, 2.45) is 0 Å². The Morgan fingerprint density at radius 1 is 0.688 bits per heavy atom. The predicted molar refractivity (Wildman–Crippen MR) is 130 cm³/mol. The predicted octanol–water partition coefficient (Wildman–Crippen LogP) is 3.42. The first-order chi connectivity index (χ1) is 15.8. The van der Waals surface area contributed by atoms with Crippen molar-refractivity contribution >= 4 is 5.91 Å². The topological polar surface area (TPSA) is 30.0 Å². The van der Waals surface area contributed by atoms with Crippen LogP contribution in [-0.2, 0) is 4.79 Å². The van der Waals surface area contributed by atoms with Crippen molar-refractivity contribution < 1.29 is 4.79 Å². The van der Waals surface area contributed by atoms with Crippen LogP contribution >= 0.6 is 0 Å². The molecule has 1 aromatic carbocycles. The van der Waals surface area contributed by atoms with Gasteiger partial charge in [0.05, 0.1) is 6.54 Å². The Morgan fingerprint density at radius 3 is 1.94 bits per heavy atom. The van der Waals surface area contributed by atoms with Gasteiger partial charge in [-0.2, -0.15) is 0 Å². The van der Waals surface area contributed by atoms with Crippen LogP contribution in [0, 0.1) is 0 Å². The summed E-state index contributed by atoms with van der Waals surface area (Å²) in [6, 6.07) is 12.6. The zero-order valence-corrected chi connectivity index (χ0v) is 19.8. The lowest BCUT2D eigenvalue weighted by molar-refractivity contribution is -0.134. The molecule has 3 saturated heterocycles. The number of likely N-dealkylation sites (tertiary alicyclic amines) is 2. The minimum absolute atomic E-state index is 0.359. The summed E-state index contributed by atoms with van der Waals surface area (Å²) in [7, 11) is 0. The molecule has 0 bridgehead atoms. The zero-order chi connectivity index (χ0) is 21.8. The van der Waals surface area contributed by atoms with E-state index < -0.39 is 0 Å². The monoisotopic (exact) mass is 438 g/mol. The molecule has 1 amide bonds. The molecule has 0 radical (unpaired) electrons. The highest BCUT2D eigenvalue weighted by molar-refractivity contribution is 5.78. The quantitative estimate of drug-likeness (QED) is 0.705. The summed E-state index contributed by atoms with van der Waals surface area (Å²) in [4.78, 5) is 22.8. The van der Waals surface area contributed by atoms with E-state index in [4.69, 9.17) is 0 Å². The Morgan fingerprint density at radius 2 is 1.28 bits per heavy atom. The van der Waals surface area contributed by atoms with E-state index in [9.17, 15) is 4.79 Å². The number of carbonyl (C=O) groups excluding carboxylic acids is 1. The largest absolute Gasteiger partial charge is 0.339 e. The highest BCUT2D eigenvalue weighted by Gasteiger charge is 2.31. The summed E-state index contributed by atoms with van der Waals surface area (Å²) < 4.78 is 0. The molecule has 5 rings (SSSR count). The molecule has 0 aromatic heterocycles. The molecule has 5 nitrogen and oxygen atoms in total. The fourth-order valence-electron chi connectivity index (χ4n) is 6.66. The van der Waals surface area contributed by atoms with E-state index in [0.29, 0.717) is 18.5 Å². The number of nitrogens with zero attached hydrogens (tertiary/aromatic N) is 4. The summed E-state index contributed by atoms with van der Waals surface area (Å²) in [5, 5.41) is 0. The Kier molecular flexibility index (Phi) is 7.46. The molecule has 3 heterocycles. The van der Waals surface area contributed by atoms with E-state index in [2.05, 4.69) is 49.9 Å². The number of rotatable bonds is 5. The second-order valence-corrected chi connectivity index (χ2v) is 10.6. The van der Waals surface area contributed by atoms with Crippen molar-refractivity contribution in [2.45, 2.75) is 69.4 Å². The molecular formula is C27H42N4O. The second kappa shape index (κ2) is 10.7. The number of piperidine rings is 2. The van der Waals surface area contributed by atoms with Crippen molar-refractivity contribution in [2.75, 3.05) is 58.9 Å². The second-order valence-electron chi connectivity index (χ2n) is 10.6. The van der Waals surface area contributed by atoms with E-state index in [1.165, 1.54) is 70.0 Å². The number of hydrogen-bond donors (Lipinski definition) is 0. The molecule has 0 spiro atoms. The molecule has 3 aliphatic heterocycles. The third-order valence-electron chi connectivity index (χ3n) is 8.74. The number of carbonyl (C=O) groups is 1. The average molecular weight is 439 g/mol. The number of piperazine rings is 1. The van der Waals surface area contributed by atoms with Crippen LogP contribution in [0.25, 0.3) is 0 Å². The van der Waals surface area contributed by atoms with Crippen molar-refractivity contribution in [1.82, 2.24) is 19.6 Å². The van der Waals surface area contributed by atoms with Gasteiger partial charge in [0.2, 0.25) is 5.91 Å². The van der Waals surface area contributed by atoms with Crippen LogP contribution in [-0.4, -0.2) is 96.5 Å². The summed E-state index contributed by atoms with van der Waals surface area (Å²) in [6.07, 6.45) is 10.5. The summed E-state index contributed by atoms with van der Waals surface area (Å²) in [5.74, 6) is 1.09. The lowest BCUT2D eigenvalue weighted by Crippen LogP contribution is -2.54. The third kappa shape index (κ3) is 5.37. The molecule has 1 aliphatic carbocycles. The maximum Gasteiger partial charge on any atom is 0.236 e. The van der Waals surface area contributed by atoms with Gasteiger partial charge in [-0.3, -0.25) is 14.6 Å². The molecule has 176 valence electrons. The lowest BCUT2D eigenvalue weighted by Gasteiger charge is -2.42. The maximum absolute atomic E-state index is 12.9. The average Bonchev–Trinajstić information content (AvgIpc) is 3.40. The highest BCUT2D eigenvalue weighted by Crippen LogP contribution is 2.30. The maximum atomic E-state index is 12.9. The number of benzene rings is 1. The fourth-order valence-corrected chi connectivity index (χ4v) is 6.66. The summed E-state index contributed by atoms with van der Waals surface area (Å²) >= 11 is 0. The van der Waals surface area contributed by atoms with Gasteiger partial charge < -0.3 is 9.80 Å². The van der Waals surface area contributed by atoms with E-state index >= 15 is 0 Å². The van der Waals surface area contributed by atoms with Crippen LogP contribution < -0.4 is 0 Å². The van der Waals surface area contributed by atoms with E-state index in [1.807, 2.05) is 0 Å². The van der Waals surface area contributed by atoms with Crippen LogP contribution in [0.2, 0.25) is 0 Å². The lowest BCUT2D eigenvalue weighted by atomic mass is 9.88. The Hall–Kier alpha value is -1.43. The molecule has 5 heteroatoms. The molecule has 1 aromatic rings. The number of amides is 1. The van der Waals surface area contributed by atoms with Gasteiger partial charge in [0.1, 0.15) is 0 Å². The summed E-state index contributed by atoms with van der Waals surface area (Å²) in [6.45, 7) is 9.28. The van der Waals surface area contributed by atoms with Gasteiger partial charge in [0.15, 0.2) is 0 Å². The van der Waals surface area contributed by atoms with E-state index in [0.717, 1.165) is 51.2 Å². The zero-order valence-electron chi connectivity index (χ0n) is 19.8. The van der Waals surface area contributed by atoms with Gasteiger partial charge in [-0.25, -0.2) is 0 Å². The Labute approximate surface area is 194 Å². The standard InChI is InChI=1S/C27H42N4O/c32-27(31-20-18-30(19-21-31)25-8-4-5-9-25)22-28-14-12-26(13-15-28)29-16-10-24(11-17-29)23-6-2-1-3-7-23/h1-3,6-7,24-26H,4-5,8-22H2. The van der Waals surface area contributed by atoms with Gasteiger partial charge in [-0.1, -0.05) is 43.2 Å². The molecule has 0 N–H and O–H groups in total. The van der Waals surface area contributed by atoms with Crippen molar-refractivity contribution in [3.8, 4) is 0 Å². The van der Waals surface area contributed by atoms with E-state index in [1.54, 1.807) is 0 Å². The van der Waals surface area contributed by atoms with E-state index in [-0.39, 0.29) is 0 Å². The van der Waals surface area contributed by atoms with Crippen molar-refractivity contribution in [3.05, 3.63) is 35.9 Å². The normalized spacial score (nSPS) is 26.1. The van der Waals surface area contributed by atoms with Crippen LogP contribution in [0.4, 0.5) is 0 Å². The molecule has 4 fully saturated rings. The molecule has 4 aliphatic rings. The van der Waals surface area contributed by atoms with Crippen LogP contribution in [0.5, 0.6) is 0 Å². The van der Waals surface area contributed by atoms with Gasteiger partial charge in [-0.15, -0.1) is 0 Å². The SMILES string of the molecule is O=C(CN1CCC(N2CCC(c3ccccc3)CC2)CC1)N1CCN(C2CCCC2)CC1. The highest BCUT2D eigenvalue weighted by atomic mass is 16.2. The van der Waals surface area contributed by atoms with Gasteiger partial charge in [-0.05, 0) is 63.1 Å². The molecular weight excluding hydrogens is 396 g/mol. The molecule has 0 unspecified atom stereocenters. The first kappa shape index (κ1) is 22.4. The first-order valence-corrected chi connectivity index (χ1v) is 13.3. The Bertz CT molecular complexity index is 710. The van der Waals surface area contributed by atoms with Gasteiger partial charge >= 0.3 is 0 Å². The van der Waals surface area contributed by atoms with Crippen molar-refractivity contribution in [1.29, 1.82) is 0 Å².